The third-order valence-corrected chi connectivity index (χ3v) is 12.8. The maximum Gasteiger partial charge on any atom is 0.231 e. The summed E-state index contributed by atoms with van der Waals surface area (Å²) in [5.41, 5.74) is 12.1. The van der Waals surface area contributed by atoms with Crippen molar-refractivity contribution in [3.63, 3.8) is 0 Å². The van der Waals surface area contributed by atoms with E-state index in [0.717, 1.165) is 17.4 Å². The van der Waals surface area contributed by atoms with Gasteiger partial charge in [-0.3, -0.25) is 9.69 Å². The summed E-state index contributed by atoms with van der Waals surface area (Å²) in [4.78, 5) is 26.8. The standard InChI is InChI=1S/C46H48N3OS2/c1-27(2)32-15-13-16-33(28(3)4)43(32)47-24-23-42(50)49(44-34(29(5)6)17-14-18-35(44)30(7)8)46(47)31-25-40-45-41(26-31)52-39-22-12-10-20-37(39)48(45)36-19-9-11-21-38(36)51-40/h9-22,25-30H,23-24H2,1-8H3. The van der Waals surface area contributed by atoms with Crippen LogP contribution < -0.4 is 14.7 Å². The van der Waals surface area contributed by atoms with Crippen molar-refractivity contribution in [3.05, 3.63) is 131 Å². The minimum Gasteiger partial charge on any atom is -0.340 e. The number of carbonyl (C=O) groups is 1. The van der Waals surface area contributed by atoms with E-state index in [-0.39, 0.29) is 17.7 Å². The van der Waals surface area contributed by atoms with Crippen LogP contribution in [-0.2, 0) is 4.79 Å². The van der Waals surface area contributed by atoms with Crippen molar-refractivity contribution in [2.45, 2.75) is 105 Å². The summed E-state index contributed by atoms with van der Waals surface area (Å²) < 4.78 is 0. The van der Waals surface area contributed by atoms with Crippen molar-refractivity contribution in [3.8, 4) is 0 Å². The second kappa shape index (κ2) is 13.7. The topological polar surface area (TPSA) is 26.8 Å². The van der Waals surface area contributed by atoms with Gasteiger partial charge in [0.1, 0.15) is 0 Å². The minimum absolute atomic E-state index is 0.151. The third-order valence-electron chi connectivity index (χ3n) is 10.6. The molecular weight excluding hydrogens is 675 g/mol. The van der Waals surface area contributed by atoms with E-state index < -0.39 is 0 Å². The van der Waals surface area contributed by atoms with Crippen molar-refractivity contribution in [1.29, 1.82) is 0 Å². The first-order valence-electron chi connectivity index (χ1n) is 18.8. The molecule has 0 N–H and O–H groups in total. The molecule has 3 heterocycles. The Hall–Kier alpha value is -4.13. The molecule has 0 aromatic heterocycles. The van der Waals surface area contributed by atoms with E-state index in [2.05, 4.69) is 167 Å². The Morgan fingerprint density at radius 2 is 0.942 bits per heavy atom. The average molecular weight is 723 g/mol. The Bertz CT molecular complexity index is 2060. The molecule has 0 aliphatic carbocycles. The fourth-order valence-electron chi connectivity index (χ4n) is 8.14. The van der Waals surface area contributed by atoms with Gasteiger partial charge >= 0.3 is 0 Å². The maximum absolute atomic E-state index is 14.8. The minimum atomic E-state index is 0.151. The number of amides is 1. The van der Waals surface area contributed by atoms with Crippen LogP contribution in [0.15, 0.2) is 117 Å². The zero-order valence-electron chi connectivity index (χ0n) is 31.5. The molecular formula is C46H48N3OS2. The Kier molecular flexibility index (Phi) is 9.20. The van der Waals surface area contributed by atoms with Gasteiger partial charge in [0.15, 0.2) is 6.17 Å². The number of hydrogen-bond donors (Lipinski definition) is 0. The van der Waals surface area contributed by atoms with Gasteiger partial charge in [0.25, 0.3) is 0 Å². The summed E-state index contributed by atoms with van der Waals surface area (Å²) >= 11 is 3.68. The van der Waals surface area contributed by atoms with Gasteiger partial charge < -0.3 is 9.80 Å². The van der Waals surface area contributed by atoms with Gasteiger partial charge in [-0.1, -0.05) is 140 Å². The summed E-state index contributed by atoms with van der Waals surface area (Å²) in [5.74, 6) is 1.26. The monoisotopic (exact) mass is 722 g/mol. The summed E-state index contributed by atoms with van der Waals surface area (Å²) in [6.45, 7) is 18.8. The molecule has 52 heavy (non-hydrogen) atoms. The second-order valence-corrected chi connectivity index (χ2v) is 17.6. The molecule has 6 heteroatoms. The summed E-state index contributed by atoms with van der Waals surface area (Å²) in [7, 11) is 0. The predicted octanol–water partition coefficient (Wildman–Crippen LogP) is 13.4. The molecule has 0 saturated carbocycles. The van der Waals surface area contributed by atoms with Gasteiger partial charge in [0.05, 0.1) is 22.7 Å². The lowest BCUT2D eigenvalue weighted by Crippen LogP contribution is -2.53. The van der Waals surface area contributed by atoms with Gasteiger partial charge in [-0.05, 0) is 82.3 Å². The quantitative estimate of drug-likeness (QED) is 0.163. The van der Waals surface area contributed by atoms with Crippen LogP contribution in [0.3, 0.4) is 0 Å². The molecule has 1 fully saturated rings. The molecule has 0 spiro atoms. The van der Waals surface area contributed by atoms with Crippen LogP contribution >= 0.6 is 23.5 Å². The second-order valence-electron chi connectivity index (χ2n) is 15.4. The fourth-order valence-corrected chi connectivity index (χ4v) is 10.5. The molecule has 4 nitrogen and oxygen atoms in total. The highest BCUT2D eigenvalue weighted by Crippen LogP contribution is 2.61. The summed E-state index contributed by atoms with van der Waals surface area (Å²) in [6, 6.07) is 35.6. The lowest BCUT2D eigenvalue weighted by atomic mass is 9.88. The van der Waals surface area contributed by atoms with Crippen LogP contribution in [0.5, 0.6) is 0 Å². The number of carbonyl (C=O) groups excluding carboxylic acids is 1. The lowest BCUT2D eigenvalue weighted by Gasteiger charge is -2.47. The van der Waals surface area contributed by atoms with Gasteiger partial charge in [0, 0.05) is 43.8 Å². The van der Waals surface area contributed by atoms with Crippen LogP contribution in [0.2, 0.25) is 0 Å². The first-order valence-corrected chi connectivity index (χ1v) is 20.4. The maximum atomic E-state index is 14.8. The van der Waals surface area contributed by atoms with Crippen LogP contribution in [0.4, 0.5) is 28.4 Å². The number of rotatable bonds is 7. The molecule has 5 aromatic rings. The highest BCUT2D eigenvalue weighted by Gasteiger charge is 2.43. The van der Waals surface area contributed by atoms with Gasteiger partial charge in [-0.2, -0.15) is 0 Å². The fraction of sp³-hybridized carbons (Fsp3) is 0.304. The van der Waals surface area contributed by atoms with Crippen molar-refractivity contribution in [2.24, 2.45) is 0 Å². The molecule has 0 unspecified atom stereocenters. The molecule has 0 atom stereocenters. The van der Waals surface area contributed by atoms with Crippen LogP contribution in [0, 0.1) is 6.17 Å². The Labute approximate surface area is 318 Å². The molecule has 1 amide bonds. The molecule has 265 valence electrons. The molecule has 0 bridgehead atoms. The van der Waals surface area contributed by atoms with Crippen molar-refractivity contribution < 1.29 is 4.79 Å². The number of fused-ring (bicyclic) bond motifs is 4. The highest BCUT2D eigenvalue weighted by atomic mass is 32.2. The normalized spacial score (nSPS) is 15.5. The van der Waals surface area contributed by atoms with Crippen molar-refractivity contribution >= 4 is 57.9 Å². The highest BCUT2D eigenvalue weighted by molar-refractivity contribution is 8.00. The van der Waals surface area contributed by atoms with Crippen LogP contribution in [0.1, 0.15) is 113 Å². The number of anilines is 5. The van der Waals surface area contributed by atoms with E-state index in [1.807, 2.05) is 23.5 Å². The van der Waals surface area contributed by atoms with Gasteiger partial charge in [-0.25, -0.2) is 0 Å². The Morgan fingerprint density at radius 3 is 1.40 bits per heavy atom. The number of nitrogens with zero attached hydrogens (tertiary/aromatic N) is 3. The molecule has 3 aliphatic heterocycles. The lowest BCUT2D eigenvalue weighted by molar-refractivity contribution is -0.118. The number of hydrogen-bond acceptors (Lipinski definition) is 5. The van der Waals surface area contributed by atoms with E-state index in [0.29, 0.717) is 24.8 Å². The number of para-hydroxylation sites is 4. The van der Waals surface area contributed by atoms with Crippen molar-refractivity contribution in [1.82, 2.24) is 0 Å². The molecule has 1 saturated heterocycles. The molecule has 1 radical (unpaired) electrons. The first-order chi connectivity index (χ1) is 25.0. The smallest absolute Gasteiger partial charge is 0.231 e. The molecule has 5 aromatic carbocycles. The van der Waals surface area contributed by atoms with Crippen LogP contribution in [0.25, 0.3) is 0 Å². The zero-order valence-corrected chi connectivity index (χ0v) is 33.2. The molecule has 3 aliphatic rings. The summed E-state index contributed by atoms with van der Waals surface area (Å²) in [6.07, 6.45) is 1.40. The SMILES string of the molecule is CC(C)c1cccc(C(C)C)c1N1CCC(=O)N(c2c(C(C)C)cccc2C(C)C)[C]1c1cc2c3c(c1)Sc1ccccc1N3c1ccccc1S2. The third kappa shape index (κ3) is 5.74. The average Bonchev–Trinajstić information content (AvgIpc) is 3.13. The van der Waals surface area contributed by atoms with E-state index in [4.69, 9.17) is 0 Å². The van der Waals surface area contributed by atoms with Gasteiger partial charge in [-0.15, -0.1) is 0 Å². The van der Waals surface area contributed by atoms with E-state index in [1.54, 1.807) is 0 Å². The van der Waals surface area contributed by atoms with Crippen molar-refractivity contribution in [2.75, 3.05) is 21.2 Å². The number of benzene rings is 5. The first kappa shape index (κ1) is 34.9. The van der Waals surface area contributed by atoms with E-state index in [9.17, 15) is 4.79 Å². The zero-order chi connectivity index (χ0) is 36.4. The molecule has 8 rings (SSSR count). The Balaban J connectivity index is 1.43. The largest absolute Gasteiger partial charge is 0.340 e. The Morgan fingerprint density at radius 1 is 0.500 bits per heavy atom. The predicted molar refractivity (Wildman–Crippen MR) is 220 cm³/mol. The van der Waals surface area contributed by atoms with Crippen LogP contribution in [-0.4, -0.2) is 12.5 Å². The summed E-state index contributed by atoms with van der Waals surface area (Å²) in [5, 5.41) is 0. The van der Waals surface area contributed by atoms with E-state index in [1.165, 1.54) is 64.6 Å². The van der Waals surface area contributed by atoms with E-state index >= 15 is 0 Å². The van der Waals surface area contributed by atoms with Gasteiger partial charge in [0.2, 0.25) is 5.91 Å².